The van der Waals surface area contributed by atoms with Gasteiger partial charge in [-0.1, -0.05) is 24.3 Å². The summed E-state index contributed by atoms with van der Waals surface area (Å²) in [6.45, 7) is 8.30. The van der Waals surface area contributed by atoms with Crippen molar-refractivity contribution in [3.8, 4) is 0 Å². The first-order chi connectivity index (χ1) is 11.7. The number of imidazole rings is 1. The van der Waals surface area contributed by atoms with Crippen molar-refractivity contribution in [1.29, 1.82) is 0 Å². The Morgan fingerprint density at radius 1 is 1.00 bits per heavy atom. The van der Waals surface area contributed by atoms with Crippen LogP contribution in [0.25, 0.3) is 21.8 Å². The molecule has 1 aliphatic heterocycles. The third-order valence-corrected chi connectivity index (χ3v) is 5.43. The first-order valence-corrected chi connectivity index (χ1v) is 8.63. The second-order valence-corrected chi connectivity index (χ2v) is 7.98. The van der Waals surface area contributed by atoms with Gasteiger partial charge in [0.1, 0.15) is 0 Å². The molecule has 1 saturated heterocycles. The number of hydrogen-bond donors (Lipinski definition) is 1. The fraction of sp³-hybridized carbons (Fsp3) is 0.421. The molecule has 6 heteroatoms. The van der Waals surface area contributed by atoms with Crippen molar-refractivity contribution in [2.45, 2.75) is 38.9 Å². The first-order valence-electron chi connectivity index (χ1n) is 8.63. The van der Waals surface area contributed by atoms with E-state index >= 15 is 0 Å². The summed E-state index contributed by atoms with van der Waals surface area (Å²) < 4.78 is 12.3. The van der Waals surface area contributed by atoms with Gasteiger partial charge in [0.05, 0.1) is 22.2 Å². The van der Waals surface area contributed by atoms with Crippen molar-refractivity contribution in [1.82, 2.24) is 9.97 Å². The van der Waals surface area contributed by atoms with Crippen molar-refractivity contribution in [2.75, 3.05) is 19.0 Å². The lowest BCUT2D eigenvalue weighted by Crippen LogP contribution is -2.41. The van der Waals surface area contributed by atoms with Crippen LogP contribution in [0.4, 0.5) is 5.95 Å². The van der Waals surface area contributed by atoms with Crippen molar-refractivity contribution in [2.24, 2.45) is 0 Å². The summed E-state index contributed by atoms with van der Waals surface area (Å²) in [4.78, 5) is 10.0. The van der Waals surface area contributed by atoms with Gasteiger partial charge in [0, 0.05) is 19.5 Å². The van der Waals surface area contributed by atoms with Crippen LogP contribution in [0.15, 0.2) is 30.3 Å². The number of H-pyrrole nitrogens is 1. The largest absolute Gasteiger partial charge is 0.494 e. The number of nitrogens with zero attached hydrogens (tertiary/aromatic N) is 2. The predicted molar refractivity (Wildman–Crippen MR) is 104 cm³/mol. The molecule has 1 aromatic heterocycles. The molecule has 0 bridgehead atoms. The second kappa shape index (κ2) is 5.22. The van der Waals surface area contributed by atoms with E-state index in [2.05, 4.69) is 68.0 Å². The fourth-order valence-corrected chi connectivity index (χ4v) is 3.15. The Morgan fingerprint density at radius 2 is 1.68 bits per heavy atom. The molecule has 0 saturated carbocycles. The Labute approximate surface area is 148 Å². The minimum Gasteiger partial charge on any atom is -0.399 e. The second-order valence-electron chi connectivity index (χ2n) is 7.98. The molecule has 2 heterocycles. The van der Waals surface area contributed by atoms with Gasteiger partial charge in [0.25, 0.3) is 0 Å². The zero-order valence-corrected chi connectivity index (χ0v) is 15.7. The van der Waals surface area contributed by atoms with Gasteiger partial charge in [-0.3, -0.25) is 0 Å². The molecule has 1 fully saturated rings. The molecule has 3 aromatic rings. The monoisotopic (exact) mass is 337 g/mol. The number of aromatic nitrogens is 2. The average molecular weight is 337 g/mol. The molecule has 4 rings (SSSR count). The van der Waals surface area contributed by atoms with E-state index in [0.29, 0.717) is 0 Å². The van der Waals surface area contributed by atoms with E-state index in [0.717, 1.165) is 33.2 Å². The quantitative estimate of drug-likeness (QED) is 0.730. The van der Waals surface area contributed by atoms with Gasteiger partial charge in [0.15, 0.2) is 0 Å². The summed E-state index contributed by atoms with van der Waals surface area (Å²) in [7, 11) is 3.62. The summed E-state index contributed by atoms with van der Waals surface area (Å²) in [6.07, 6.45) is 0. The highest BCUT2D eigenvalue weighted by Gasteiger charge is 2.51. The van der Waals surface area contributed by atoms with Crippen LogP contribution in [0.3, 0.4) is 0 Å². The van der Waals surface area contributed by atoms with Crippen molar-refractivity contribution >= 4 is 40.3 Å². The van der Waals surface area contributed by atoms with Crippen LogP contribution in [0.1, 0.15) is 27.7 Å². The molecule has 5 nitrogen and oxygen atoms in total. The van der Waals surface area contributed by atoms with Crippen LogP contribution in [-0.4, -0.2) is 42.4 Å². The van der Waals surface area contributed by atoms with E-state index < -0.39 is 0 Å². The van der Waals surface area contributed by atoms with E-state index in [1.807, 2.05) is 19.0 Å². The maximum Gasteiger partial charge on any atom is 0.494 e. The van der Waals surface area contributed by atoms with Gasteiger partial charge >= 0.3 is 7.12 Å². The summed E-state index contributed by atoms with van der Waals surface area (Å²) in [5.74, 6) is 0.859. The van der Waals surface area contributed by atoms with Crippen LogP contribution in [0.5, 0.6) is 0 Å². The number of anilines is 1. The fourth-order valence-electron chi connectivity index (χ4n) is 3.15. The zero-order valence-electron chi connectivity index (χ0n) is 15.7. The summed E-state index contributed by atoms with van der Waals surface area (Å²) in [6, 6.07) is 10.5. The summed E-state index contributed by atoms with van der Waals surface area (Å²) in [5.41, 5.74) is 2.40. The summed E-state index contributed by atoms with van der Waals surface area (Å²) >= 11 is 0. The maximum absolute atomic E-state index is 6.17. The van der Waals surface area contributed by atoms with Gasteiger partial charge in [-0.2, -0.15) is 0 Å². The van der Waals surface area contributed by atoms with Gasteiger partial charge in [0.2, 0.25) is 5.95 Å². The van der Waals surface area contributed by atoms with E-state index in [4.69, 9.17) is 9.31 Å². The molecule has 0 aliphatic carbocycles. The van der Waals surface area contributed by atoms with Crippen molar-refractivity contribution < 1.29 is 9.31 Å². The van der Waals surface area contributed by atoms with Gasteiger partial charge in [-0.15, -0.1) is 0 Å². The number of rotatable bonds is 2. The molecule has 130 valence electrons. The number of benzene rings is 2. The smallest absolute Gasteiger partial charge is 0.399 e. The standard InChI is InChI=1S/C19H24BN3O2/c1-18(2)19(3,4)25-20(24-18)13-8-9-14-12(11-13)7-10-15-16(14)22-17(21-15)23(5)6/h7-11H,1-6H3,(H,21,22). The topological polar surface area (TPSA) is 50.4 Å². The lowest BCUT2D eigenvalue weighted by Gasteiger charge is -2.32. The number of nitrogens with one attached hydrogen (secondary N) is 1. The Hall–Kier alpha value is -2.05. The molecule has 0 unspecified atom stereocenters. The molecule has 0 atom stereocenters. The molecule has 2 aromatic carbocycles. The van der Waals surface area contributed by atoms with Crippen molar-refractivity contribution in [3.05, 3.63) is 30.3 Å². The first kappa shape index (κ1) is 16.4. The minimum atomic E-state index is -0.343. The van der Waals surface area contributed by atoms with E-state index in [-0.39, 0.29) is 18.3 Å². The Balaban J connectivity index is 1.78. The maximum atomic E-state index is 6.17. The lowest BCUT2D eigenvalue weighted by molar-refractivity contribution is 0.00578. The van der Waals surface area contributed by atoms with Gasteiger partial charge < -0.3 is 19.2 Å². The molecule has 0 amide bonds. The van der Waals surface area contributed by atoms with Crippen LogP contribution in [0.2, 0.25) is 0 Å². The normalized spacial score (nSPS) is 19.0. The third kappa shape index (κ3) is 2.52. The molecule has 1 N–H and O–H groups in total. The molecular formula is C19H24BN3O2. The molecule has 0 spiro atoms. The zero-order chi connectivity index (χ0) is 18.0. The van der Waals surface area contributed by atoms with Crippen LogP contribution < -0.4 is 10.4 Å². The van der Waals surface area contributed by atoms with E-state index in [1.54, 1.807) is 0 Å². The van der Waals surface area contributed by atoms with E-state index in [9.17, 15) is 0 Å². The highest BCUT2D eigenvalue weighted by Crippen LogP contribution is 2.36. The molecular weight excluding hydrogens is 313 g/mol. The molecule has 0 radical (unpaired) electrons. The minimum absolute atomic E-state index is 0.333. The SMILES string of the molecule is CN(C)c1nc2ccc3cc(B4OC(C)(C)C(C)(C)O4)ccc3c2[nH]1. The Kier molecular flexibility index (Phi) is 3.43. The molecule has 25 heavy (non-hydrogen) atoms. The van der Waals surface area contributed by atoms with Crippen LogP contribution in [0, 0.1) is 0 Å². The highest BCUT2D eigenvalue weighted by atomic mass is 16.7. The van der Waals surface area contributed by atoms with Crippen LogP contribution in [-0.2, 0) is 9.31 Å². The Morgan fingerprint density at radius 3 is 2.32 bits per heavy atom. The average Bonchev–Trinajstić information content (AvgIpc) is 3.06. The number of aromatic amines is 1. The third-order valence-electron chi connectivity index (χ3n) is 5.43. The van der Waals surface area contributed by atoms with Gasteiger partial charge in [-0.25, -0.2) is 4.98 Å². The predicted octanol–water partition coefficient (Wildman–Crippen LogP) is 3.08. The number of hydrogen-bond acceptors (Lipinski definition) is 4. The highest BCUT2D eigenvalue weighted by molar-refractivity contribution is 6.62. The lowest BCUT2D eigenvalue weighted by atomic mass is 9.78. The van der Waals surface area contributed by atoms with E-state index in [1.165, 1.54) is 0 Å². The van der Waals surface area contributed by atoms with Crippen LogP contribution >= 0.6 is 0 Å². The van der Waals surface area contributed by atoms with Crippen molar-refractivity contribution in [3.63, 3.8) is 0 Å². The molecule has 1 aliphatic rings. The Bertz CT molecular complexity index is 946. The van der Waals surface area contributed by atoms with Gasteiger partial charge in [-0.05, 0) is 44.6 Å². The summed E-state index contributed by atoms with van der Waals surface area (Å²) in [5, 5.41) is 2.30. The number of fused-ring (bicyclic) bond motifs is 3.